The van der Waals surface area contributed by atoms with Crippen molar-refractivity contribution in [3.8, 4) is 6.01 Å². The molecule has 0 amide bonds. The molecule has 1 N–H and O–H groups in total. The zero-order chi connectivity index (χ0) is 30.3. The van der Waals surface area contributed by atoms with Crippen LogP contribution in [0, 0.1) is 0 Å². The summed E-state index contributed by atoms with van der Waals surface area (Å²) < 4.78 is 20.2. The molecule has 0 aliphatic carbocycles. The first-order valence-electron chi connectivity index (χ1n) is 14.4. The molecule has 0 spiro atoms. The van der Waals surface area contributed by atoms with E-state index >= 15 is 0 Å². The molecular formula is C34H37BrN2O4SSi. The van der Waals surface area contributed by atoms with Crippen LogP contribution >= 0.6 is 27.7 Å². The zero-order valence-corrected chi connectivity index (χ0v) is 28.0. The van der Waals surface area contributed by atoms with Crippen molar-refractivity contribution in [1.29, 1.82) is 0 Å². The Morgan fingerprint density at radius 1 is 0.977 bits per heavy atom. The van der Waals surface area contributed by atoms with E-state index in [0.29, 0.717) is 24.5 Å². The van der Waals surface area contributed by atoms with Gasteiger partial charge in [-0.25, -0.2) is 4.98 Å². The fourth-order valence-electron chi connectivity index (χ4n) is 5.62. The number of hydrogen-bond acceptors (Lipinski definition) is 6. The molecule has 0 saturated carbocycles. The summed E-state index contributed by atoms with van der Waals surface area (Å²) in [6.45, 7) is 7.79. The van der Waals surface area contributed by atoms with E-state index in [4.69, 9.17) is 13.9 Å². The summed E-state index contributed by atoms with van der Waals surface area (Å²) in [6.07, 6.45) is 2.56. The Morgan fingerprint density at radius 2 is 1.58 bits per heavy atom. The second kappa shape index (κ2) is 14.2. The molecule has 1 saturated heterocycles. The molecule has 0 radical (unpaired) electrons. The molecule has 1 fully saturated rings. The maximum Gasteiger partial charge on any atom is 0.296 e. The maximum absolute atomic E-state index is 12.5. The zero-order valence-electron chi connectivity index (χ0n) is 24.6. The third-order valence-corrected chi connectivity index (χ3v) is 14.3. The molecule has 6 nitrogen and oxygen atoms in total. The van der Waals surface area contributed by atoms with E-state index in [9.17, 15) is 4.79 Å². The van der Waals surface area contributed by atoms with Gasteiger partial charge in [0.2, 0.25) is 0 Å². The largest absolute Gasteiger partial charge is 0.458 e. The SMILES string of the molecule is CC(C)(C)[Si](OC[C@H]1SC[C@@H](Oc2ncc(/C=C/Br)c(=O)[nH]2)[C@@H]1OCc1ccccc1)(c1ccccc1)c1ccccc1. The number of halogens is 1. The summed E-state index contributed by atoms with van der Waals surface area (Å²) in [5.74, 6) is 0.682. The third kappa shape index (κ3) is 7.24. The van der Waals surface area contributed by atoms with Gasteiger partial charge in [0.1, 0.15) is 12.2 Å². The number of benzene rings is 3. The topological polar surface area (TPSA) is 73.4 Å². The average molecular weight is 678 g/mol. The van der Waals surface area contributed by atoms with E-state index in [-0.39, 0.29) is 34.1 Å². The predicted octanol–water partition coefficient (Wildman–Crippen LogP) is 6.16. The standard InChI is InChI=1S/C34H37BrN2O4SSi/c1-34(2,3)43(27-15-9-5-10-16-27,28-17-11-6-12-18-28)40-23-30-31(39-22-25-13-7-4-8-14-25)29(24-42-30)41-33-36-21-26(19-20-35)32(38)37-33/h4-21,29-31H,22-24H2,1-3H3,(H,36,37,38)/b20-19+/t29-,30-,31+/m1/s1. The highest BCUT2D eigenvalue weighted by atomic mass is 79.9. The molecule has 1 aliphatic rings. The normalized spacial score (nSPS) is 19.1. The van der Waals surface area contributed by atoms with Gasteiger partial charge >= 0.3 is 0 Å². The lowest BCUT2D eigenvalue weighted by molar-refractivity contribution is -0.0285. The molecule has 1 aliphatic heterocycles. The van der Waals surface area contributed by atoms with Crippen molar-refractivity contribution in [2.24, 2.45) is 0 Å². The second-order valence-corrected chi connectivity index (χ2v) is 17.6. The van der Waals surface area contributed by atoms with Gasteiger partial charge in [-0.2, -0.15) is 0 Å². The van der Waals surface area contributed by atoms with Gasteiger partial charge in [0.25, 0.3) is 19.9 Å². The monoisotopic (exact) mass is 676 g/mol. The minimum atomic E-state index is -2.73. The van der Waals surface area contributed by atoms with Crippen LogP contribution in [0.1, 0.15) is 31.9 Å². The number of nitrogens with zero attached hydrogens (tertiary/aromatic N) is 1. The van der Waals surface area contributed by atoms with Crippen LogP contribution in [0.5, 0.6) is 6.01 Å². The molecule has 224 valence electrons. The van der Waals surface area contributed by atoms with Crippen molar-refractivity contribution in [3.05, 3.63) is 124 Å². The Hall–Kier alpha value is -2.95. The highest BCUT2D eigenvalue weighted by Gasteiger charge is 2.51. The van der Waals surface area contributed by atoms with Crippen LogP contribution in [0.15, 0.2) is 107 Å². The molecular weight excluding hydrogens is 640 g/mol. The summed E-state index contributed by atoms with van der Waals surface area (Å²) >= 11 is 4.99. The highest BCUT2D eigenvalue weighted by molar-refractivity contribution is 9.11. The summed E-state index contributed by atoms with van der Waals surface area (Å²) in [6, 6.07) is 31.6. The molecule has 4 aromatic rings. The van der Waals surface area contributed by atoms with Crippen LogP contribution in [0.25, 0.3) is 6.08 Å². The Balaban J connectivity index is 1.44. The number of ether oxygens (including phenoxy) is 2. The van der Waals surface area contributed by atoms with Gasteiger partial charge in [-0.15, -0.1) is 11.8 Å². The Morgan fingerprint density at radius 3 is 2.14 bits per heavy atom. The van der Waals surface area contributed by atoms with Crippen LogP contribution < -0.4 is 20.7 Å². The predicted molar refractivity (Wildman–Crippen MR) is 182 cm³/mol. The van der Waals surface area contributed by atoms with E-state index in [1.807, 2.05) is 18.2 Å². The number of aromatic nitrogens is 2. The van der Waals surface area contributed by atoms with E-state index in [2.05, 4.69) is 119 Å². The molecule has 9 heteroatoms. The van der Waals surface area contributed by atoms with Crippen LogP contribution in [0.4, 0.5) is 0 Å². The van der Waals surface area contributed by atoms with Crippen LogP contribution in [0.3, 0.4) is 0 Å². The van der Waals surface area contributed by atoms with Crippen molar-refractivity contribution in [2.45, 2.75) is 49.9 Å². The second-order valence-electron chi connectivity index (χ2n) is 11.5. The molecule has 2 heterocycles. The average Bonchev–Trinajstić information content (AvgIpc) is 3.39. The number of rotatable bonds is 11. The first kappa shape index (κ1) is 31.5. The van der Waals surface area contributed by atoms with Crippen LogP contribution in [0.2, 0.25) is 5.04 Å². The number of aromatic amines is 1. The number of nitrogens with one attached hydrogen (secondary N) is 1. The van der Waals surface area contributed by atoms with Gasteiger partial charge in [0.15, 0.2) is 0 Å². The maximum atomic E-state index is 12.5. The van der Waals surface area contributed by atoms with E-state index in [1.165, 1.54) is 16.6 Å². The fraction of sp³-hybridized carbons (Fsp3) is 0.294. The first-order valence-corrected chi connectivity index (χ1v) is 18.2. The van der Waals surface area contributed by atoms with Crippen molar-refractivity contribution in [1.82, 2.24) is 9.97 Å². The fourth-order valence-corrected chi connectivity index (χ4v) is 11.9. The van der Waals surface area contributed by atoms with E-state index in [1.54, 1.807) is 22.8 Å². The van der Waals surface area contributed by atoms with Gasteiger partial charge in [-0.3, -0.25) is 9.78 Å². The number of H-pyrrole nitrogens is 1. The van der Waals surface area contributed by atoms with Crippen molar-refractivity contribution < 1.29 is 13.9 Å². The highest BCUT2D eigenvalue weighted by Crippen LogP contribution is 2.39. The molecule has 43 heavy (non-hydrogen) atoms. The summed E-state index contributed by atoms with van der Waals surface area (Å²) in [7, 11) is -2.73. The smallest absolute Gasteiger partial charge is 0.296 e. The first-order chi connectivity index (χ1) is 20.8. The Labute approximate surface area is 267 Å². The van der Waals surface area contributed by atoms with Crippen molar-refractivity contribution >= 4 is 52.5 Å². The molecule has 5 rings (SSSR count). The third-order valence-electron chi connectivity index (χ3n) is 7.68. The number of hydrogen-bond donors (Lipinski definition) is 1. The lowest BCUT2D eigenvalue weighted by Crippen LogP contribution is -2.67. The van der Waals surface area contributed by atoms with Gasteiger partial charge in [0.05, 0.1) is 17.4 Å². The quantitative estimate of drug-likeness (QED) is 0.192. The summed E-state index contributed by atoms with van der Waals surface area (Å²) in [5, 5.41) is 2.36. The van der Waals surface area contributed by atoms with Crippen molar-refractivity contribution in [2.75, 3.05) is 12.4 Å². The van der Waals surface area contributed by atoms with Gasteiger partial charge in [-0.05, 0) is 32.0 Å². The lowest BCUT2D eigenvalue weighted by atomic mass is 10.1. The van der Waals surface area contributed by atoms with Crippen molar-refractivity contribution in [3.63, 3.8) is 0 Å². The lowest BCUT2D eigenvalue weighted by Gasteiger charge is -2.43. The van der Waals surface area contributed by atoms with Gasteiger partial charge in [-0.1, -0.05) is 128 Å². The molecule has 0 bridgehead atoms. The van der Waals surface area contributed by atoms with E-state index in [0.717, 1.165) is 5.56 Å². The van der Waals surface area contributed by atoms with Crippen LogP contribution in [-0.2, 0) is 15.8 Å². The van der Waals surface area contributed by atoms with E-state index < -0.39 is 8.32 Å². The van der Waals surface area contributed by atoms with Crippen LogP contribution in [-0.4, -0.2) is 48.1 Å². The minimum Gasteiger partial charge on any atom is -0.458 e. The molecule has 3 aromatic carbocycles. The summed E-state index contributed by atoms with van der Waals surface area (Å²) in [4.78, 5) is 21.3. The van der Waals surface area contributed by atoms with Gasteiger partial charge < -0.3 is 13.9 Å². The molecule has 3 atom stereocenters. The Bertz CT molecular complexity index is 1510. The molecule has 0 unspecified atom stereocenters. The summed E-state index contributed by atoms with van der Waals surface area (Å²) in [5.41, 5.74) is 1.26. The minimum absolute atomic E-state index is 0.0117. The number of thioether (sulfide) groups is 1. The molecule has 1 aromatic heterocycles. The van der Waals surface area contributed by atoms with Gasteiger partial charge in [0, 0.05) is 18.6 Å². The Kier molecular flexibility index (Phi) is 10.4.